The molecule has 5 heteroatoms. The predicted octanol–water partition coefficient (Wildman–Crippen LogP) is 3.39. The van der Waals surface area contributed by atoms with E-state index < -0.39 is 5.91 Å². The Kier molecular flexibility index (Phi) is 6.61. The number of para-hydroxylation sites is 1. The molecule has 2 aromatic carbocycles. The number of nitriles is 1. The minimum Gasteiger partial charge on any atom is -0.497 e. The summed E-state index contributed by atoms with van der Waals surface area (Å²) in [7, 11) is 1.60. The van der Waals surface area contributed by atoms with Crippen molar-refractivity contribution in [1.82, 2.24) is 5.32 Å². The molecular formula is C20H21N3O2. The van der Waals surface area contributed by atoms with E-state index in [0.29, 0.717) is 6.54 Å². The van der Waals surface area contributed by atoms with E-state index in [4.69, 9.17) is 4.74 Å². The summed E-state index contributed by atoms with van der Waals surface area (Å²) in [4.78, 5) is 12.2. The van der Waals surface area contributed by atoms with Crippen LogP contribution < -0.4 is 15.4 Å². The van der Waals surface area contributed by atoms with Crippen LogP contribution in [0.2, 0.25) is 0 Å². The summed E-state index contributed by atoms with van der Waals surface area (Å²) in [5.41, 5.74) is 2.96. The first-order valence-electron chi connectivity index (χ1n) is 8.03. The van der Waals surface area contributed by atoms with Crippen LogP contribution in [0.15, 0.2) is 60.3 Å². The Morgan fingerprint density at radius 2 is 1.92 bits per heavy atom. The molecule has 5 nitrogen and oxygen atoms in total. The van der Waals surface area contributed by atoms with Gasteiger partial charge in [-0.25, -0.2) is 0 Å². The molecule has 2 aromatic rings. The first-order chi connectivity index (χ1) is 12.2. The summed E-state index contributed by atoms with van der Waals surface area (Å²) in [5, 5.41) is 15.0. The third-order valence-corrected chi connectivity index (χ3v) is 3.75. The van der Waals surface area contributed by atoms with Crippen molar-refractivity contribution >= 4 is 11.6 Å². The molecule has 0 spiro atoms. The highest BCUT2D eigenvalue weighted by molar-refractivity contribution is 5.97. The molecule has 0 heterocycles. The van der Waals surface area contributed by atoms with E-state index in [9.17, 15) is 10.1 Å². The van der Waals surface area contributed by atoms with Crippen LogP contribution in [0.1, 0.15) is 18.1 Å². The lowest BCUT2D eigenvalue weighted by molar-refractivity contribution is -0.117. The molecule has 128 valence electrons. The van der Waals surface area contributed by atoms with Crippen LogP contribution >= 0.6 is 0 Å². The number of carbonyl (C=O) groups excluding carboxylic acids is 1. The van der Waals surface area contributed by atoms with Crippen molar-refractivity contribution in [2.24, 2.45) is 0 Å². The van der Waals surface area contributed by atoms with E-state index in [0.717, 1.165) is 29.0 Å². The topological polar surface area (TPSA) is 74.2 Å². The van der Waals surface area contributed by atoms with Gasteiger partial charge in [0.15, 0.2) is 0 Å². The second-order valence-electron chi connectivity index (χ2n) is 5.36. The number of hydrogen-bond donors (Lipinski definition) is 2. The minimum absolute atomic E-state index is 0.0272. The Bertz CT molecular complexity index is 789. The Balaban J connectivity index is 1.99. The summed E-state index contributed by atoms with van der Waals surface area (Å²) in [6, 6.07) is 17.1. The number of hydrogen-bond acceptors (Lipinski definition) is 4. The van der Waals surface area contributed by atoms with Gasteiger partial charge in [-0.1, -0.05) is 37.3 Å². The summed E-state index contributed by atoms with van der Waals surface area (Å²) in [6.07, 6.45) is 2.31. The zero-order chi connectivity index (χ0) is 18.1. The fourth-order valence-corrected chi connectivity index (χ4v) is 2.29. The average Bonchev–Trinajstić information content (AvgIpc) is 2.67. The Morgan fingerprint density at radius 3 is 2.56 bits per heavy atom. The molecule has 0 fully saturated rings. The monoisotopic (exact) mass is 335 g/mol. The second-order valence-corrected chi connectivity index (χ2v) is 5.36. The number of anilines is 1. The Labute approximate surface area is 147 Å². The summed E-state index contributed by atoms with van der Waals surface area (Å²) >= 11 is 0. The molecule has 25 heavy (non-hydrogen) atoms. The first kappa shape index (κ1) is 18.1. The van der Waals surface area contributed by atoms with Gasteiger partial charge in [-0.15, -0.1) is 0 Å². The molecule has 2 N–H and O–H groups in total. The number of nitrogens with zero attached hydrogens (tertiary/aromatic N) is 1. The largest absolute Gasteiger partial charge is 0.497 e. The second kappa shape index (κ2) is 9.14. The van der Waals surface area contributed by atoms with E-state index >= 15 is 0 Å². The summed E-state index contributed by atoms with van der Waals surface area (Å²) in [6.45, 7) is 2.39. The van der Waals surface area contributed by atoms with Gasteiger partial charge in [-0.05, 0) is 35.7 Å². The molecule has 2 rings (SSSR count). The smallest absolute Gasteiger partial charge is 0.263 e. The third-order valence-electron chi connectivity index (χ3n) is 3.75. The Hall–Kier alpha value is -3.26. The van der Waals surface area contributed by atoms with E-state index in [1.807, 2.05) is 54.6 Å². The third kappa shape index (κ3) is 5.11. The molecule has 0 bridgehead atoms. The number of benzene rings is 2. The fourth-order valence-electron chi connectivity index (χ4n) is 2.29. The van der Waals surface area contributed by atoms with Gasteiger partial charge in [0, 0.05) is 18.4 Å². The van der Waals surface area contributed by atoms with Gasteiger partial charge in [0.1, 0.15) is 17.4 Å². The molecular weight excluding hydrogens is 314 g/mol. The van der Waals surface area contributed by atoms with E-state index in [-0.39, 0.29) is 5.57 Å². The summed E-state index contributed by atoms with van der Waals surface area (Å²) in [5.74, 6) is 0.339. The van der Waals surface area contributed by atoms with E-state index in [2.05, 4.69) is 17.6 Å². The van der Waals surface area contributed by atoms with Gasteiger partial charge in [0.25, 0.3) is 5.91 Å². The molecule has 0 saturated carbocycles. The number of ether oxygens (including phenoxy) is 1. The van der Waals surface area contributed by atoms with Gasteiger partial charge in [0.2, 0.25) is 0 Å². The number of aryl methyl sites for hydroxylation is 1. The molecule has 0 aliphatic rings. The van der Waals surface area contributed by atoms with Crippen molar-refractivity contribution in [2.45, 2.75) is 19.9 Å². The average molecular weight is 335 g/mol. The number of nitrogens with one attached hydrogen (secondary N) is 2. The molecule has 0 saturated heterocycles. The maximum Gasteiger partial charge on any atom is 0.263 e. The van der Waals surface area contributed by atoms with Crippen LogP contribution in [0.25, 0.3) is 0 Å². The SMILES string of the molecule is CCc1ccccc1N/C=C(/C#N)C(=O)NCc1ccc(OC)cc1. The molecule has 1 amide bonds. The molecule has 0 radical (unpaired) electrons. The lowest BCUT2D eigenvalue weighted by Crippen LogP contribution is -2.24. The number of rotatable bonds is 7. The zero-order valence-electron chi connectivity index (χ0n) is 14.4. The van der Waals surface area contributed by atoms with Crippen LogP contribution in [0.5, 0.6) is 5.75 Å². The van der Waals surface area contributed by atoms with Crippen molar-refractivity contribution in [3.8, 4) is 11.8 Å². The molecule has 0 aromatic heterocycles. The number of methoxy groups -OCH3 is 1. The van der Waals surface area contributed by atoms with Crippen molar-refractivity contribution in [1.29, 1.82) is 5.26 Å². The van der Waals surface area contributed by atoms with Crippen LogP contribution in [-0.2, 0) is 17.8 Å². The number of amides is 1. The zero-order valence-corrected chi connectivity index (χ0v) is 14.4. The lowest BCUT2D eigenvalue weighted by Gasteiger charge is -2.08. The number of carbonyl (C=O) groups is 1. The highest BCUT2D eigenvalue weighted by atomic mass is 16.5. The molecule has 0 atom stereocenters. The van der Waals surface area contributed by atoms with Crippen molar-refractivity contribution < 1.29 is 9.53 Å². The van der Waals surface area contributed by atoms with Gasteiger partial charge < -0.3 is 15.4 Å². The van der Waals surface area contributed by atoms with Gasteiger partial charge >= 0.3 is 0 Å². The van der Waals surface area contributed by atoms with Crippen LogP contribution in [0.3, 0.4) is 0 Å². The van der Waals surface area contributed by atoms with Crippen molar-refractivity contribution in [2.75, 3.05) is 12.4 Å². The van der Waals surface area contributed by atoms with Gasteiger partial charge in [-0.2, -0.15) is 5.26 Å². The van der Waals surface area contributed by atoms with Crippen LogP contribution in [-0.4, -0.2) is 13.0 Å². The summed E-state index contributed by atoms with van der Waals surface area (Å²) < 4.78 is 5.10. The normalized spacial score (nSPS) is 10.7. The Morgan fingerprint density at radius 1 is 1.20 bits per heavy atom. The quantitative estimate of drug-likeness (QED) is 0.601. The molecule has 0 aliphatic heterocycles. The fraction of sp³-hybridized carbons (Fsp3) is 0.200. The van der Waals surface area contributed by atoms with Gasteiger partial charge in [0.05, 0.1) is 7.11 Å². The molecule has 0 unspecified atom stereocenters. The van der Waals surface area contributed by atoms with Gasteiger partial charge in [-0.3, -0.25) is 4.79 Å². The maximum absolute atomic E-state index is 12.2. The first-order valence-corrected chi connectivity index (χ1v) is 8.03. The molecule has 0 aliphatic carbocycles. The van der Waals surface area contributed by atoms with E-state index in [1.54, 1.807) is 7.11 Å². The lowest BCUT2D eigenvalue weighted by atomic mass is 10.1. The van der Waals surface area contributed by atoms with Crippen LogP contribution in [0.4, 0.5) is 5.69 Å². The minimum atomic E-state index is -0.417. The standard InChI is InChI=1S/C20H21N3O2/c1-3-16-6-4-5-7-19(16)22-14-17(12-21)20(24)23-13-15-8-10-18(25-2)11-9-15/h4-11,14,22H,3,13H2,1-2H3,(H,23,24)/b17-14-. The van der Waals surface area contributed by atoms with E-state index in [1.165, 1.54) is 6.20 Å². The maximum atomic E-state index is 12.2. The highest BCUT2D eigenvalue weighted by Crippen LogP contribution is 2.16. The highest BCUT2D eigenvalue weighted by Gasteiger charge is 2.09. The predicted molar refractivity (Wildman–Crippen MR) is 98.0 cm³/mol. The van der Waals surface area contributed by atoms with Crippen molar-refractivity contribution in [3.63, 3.8) is 0 Å². The van der Waals surface area contributed by atoms with Crippen molar-refractivity contribution in [3.05, 3.63) is 71.4 Å². The van der Waals surface area contributed by atoms with Crippen LogP contribution in [0, 0.1) is 11.3 Å².